The summed E-state index contributed by atoms with van der Waals surface area (Å²) < 4.78 is 57.6. The molecule has 1 aromatic carbocycles. The maximum absolute atomic E-state index is 13.2. The number of aldehydes is 1. The van der Waals surface area contributed by atoms with Crippen molar-refractivity contribution in [1.82, 2.24) is 0 Å². The summed E-state index contributed by atoms with van der Waals surface area (Å²) >= 11 is 0. The van der Waals surface area contributed by atoms with Gasteiger partial charge in [-0.05, 0) is 41.7 Å². The van der Waals surface area contributed by atoms with Gasteiger partial charge in [0.2, 0.25) is 12.2 Å². The van der Waals surface area contributed by atoms with Crippen molar-refractivity contribution in [1.29, 1.82) is 0 Å². The first kappa shape index (κ1) is 21.1. The van der Waals surface area contributed by atoms with Crippen LogP contribution in [0.2, 0.25) is 0 Å². The number of halogens is 5. The van der Waals surface area contributed by atoms with Gasteiger partial charge in [-0.2, -0.15) is 18.2 Å². The second-order valence-corrected chi connectivity index (χ2v) is 5.04. The number of nitrogens with two attached hydrogens (primary N) is 3. The van der Waals surface area contributed by atoms with Gasteiger partial charge in [-0.1, -0.05) is 6.08 Å². The Labute approximate surface area is 145 Å². The fraction of sp³-hybridized carbons (Fsp3) is 0.267. The maximum atomic E-state index is 13.2. The fourth-order valence-corrected chi connectivity index (χ4v) is 2.09. The van der Waals surface area contributed by atoms with E-state index < -0.39 is 24.1 Å². The average molecular weight is 377 g/mol. The van der Waals surface area contributed by atoms with E-state index in [1.807, 2.05) is 6.08 Å². The molecule has 0 atom stereocenters. The molecule has 0 heterocycles. The third-order valence-corrected chi connectivity index (χ3v) is 3.09. The fourth-order valence-electron chi connectivity index (χ4n) is 2.09. The minimum Gasteiger partial charge on any atom is -0.370 e. The Balaban J connectivity index is 0.000000487. The van der Waals surface area contributed by atoms with Gasteiger partial charge in [-0.25, -0.2) is 8.78 Å². The molecule has 0 fully saturated rings. The smallest absolute Gasteiger partial charge is 0.370 e. The van der Waals surface area contributed by atoms with Gasteiger partial charge in [0.15, 0.2) is 17.6 Å². The van der Waals surface area contributed by atoms with E-state index in [9.17, 15) is 22.0 Å². The van der Waals surface area contributed by atoms with E-state index in [-0.39, 0.29) is 11.9 Å². The third-order valence-electron chi connectivity index (χ3n) is 3.09. The Kier molecular flexibility index (Phi) is 7.23. The zero-order chi connectivity index (χ0) is 19.9. The van der Waals surface area contributed by atoms with Crippen LogP contribution in [0.3, 0.4) is 0 Å². The molecule has 0 amide bonds. The predicted octanol–water partition coefficient (Wildman–Crippen LogP) is 1.63. The molecule has 0 saturated heterocycles. The van der Waals surface area contributed by atoms with E-state index in [4.69, 9.17) is 22.0 Å². The van der Waals surface area contributed by atoms with Crippen LogP contribution in [-0.2, 0) is 11.2 Å². The van der Waals surface area contributed by atoms with E-state index in [0.29, 0.717) is 19.4 Å². The highest BCUT2D eigenvalue weighted by Crippen LogP contribution is 2.31. The molecule has 0 aromatic heterocycles. The van der Waals surface area contributed by atoms with Crippen molar-refractivity contribution in [3.8, 4) is 0 Å². The van der Waals surface area contributed by atoms with E-state index in [1.54, 1.807) is 0 Å². The Morgan fingerprint density at radius 1 is 1.15 bits per heavy atom. The summed E-state index contributed by atoms with van der Waals surface area (Å²) in [6.07, 6.45) is -2.63. The molecular formula is C15H16F5N5O. The van der Waals surface area contributed by atoms with Crippen LogP contribution in [0.5, 0.6) is 0 Å². The van der Waals surface area contributed by atoms with Gasteiger partial charge in [0, 0.05) is 6.54 Å². The maximum Gasteiger partial charge on any atom is 0.446 e. The number of carbonyl (C=O) groups is 1. The quantitative estimate of drug-likeness (QED) is 0.321. The molecule has 11 heteroatoms. The highest BCUT2D eigenvalue weighted by molar-refractivity contribution is 5.92. The number of hydrogen-bond donors (Lipinski definition) is 3. The van der Waals surface area contributed by atoms with Crippen molar-refractivity contribution in [2.45, 2.75) is 19.0 Å². The van der Waals surface area contributed by atoms with Crippen LogP contribution < -0.4 is 17.2 Å². The van der Waals surface area contributed by atoms with Crippen LogP contribution in [0, 0.1) is 11.6 Å². The minimum atomic E-state index is -4.64. The molecule has 1 aromatic rings. The van der Waals surface area contributed by atoms with Crippen LogP contribution in [0.25, 0.3) is 5.57 Å². The number of guanidine groups is 2. The SMILES string of the molecule is NC(N)=NC(N)=NCCC1=CCc2cc(F)c(F)cc21.O=CC(F)(F)F. The Bertz CT molecular complexity index is 752. The molecule has 0 unspecified atom stereocenters. The second-order valence-electron chi connectivity index (χ2n) is 5.04. The molecule has 0 radical (unpaired) electrons. The lowest BCUT2D eigenvalue weighted by molar-refractivity contribution is -0.156. The van der Waals surface area contributed by atoms with Gasteiger partial charge in [0.1, 0.15) is 0 Å². The van der Waals surface area contributed by atoms with Crippen molar-refractivity contribution in [3.63, 3.8) is 0 Å². The van der Waals surface area contributed by atoms with Crippen LogP contribution in [0.1, 0.15) is 17.5 Å². The van der Waals surface area contributed by atoms with Gasteiger partial charge < -0.3 is 17.2 Å². The molecular weight excluding hydrogens is 361 g/mol. The molecule has 6 N–H and O–H groups in total. The molecule has 0 bridgehead atoms. The predicted molar refractivity (Wildman–Crippen MR) is 87.1 cm³/mol. The van der Waals surface area contributed by atoms with Gasteiger partial charge in [-0.3, -0.25) is 9.79 Å². The molecule has 0 aliphatic heterocycles. The summed E-state index contributed by atoms with van der Waals surface area (Å²) in [5.74, 6) is -1.84. The summed E-state index contributed by atoms with van der Waals surface area (Å²) in [4.78, 5) is 16.3. The summed E-state index contributed by atoms with van der Waals surface area (Å²) in [5.41, 5.74) is 18.2. The van der Waals surface area contributed by atoms with Crippen LogP contribution in [0.15, 0.2) is 28.2 Å². The molecule has 26 heavy (non-hydrogen) atoms. The largest absolute Gasteiger partial charge is 0.446 e. The number of allylic oxidation sites excluding steroid dienone is 1. The molecule has 6 nitrogen and oxygen atoms in total. The summed E-state index contributed by atoms with van der Waals surface area (Å²) in [6, 6.07) is 2.44. The number of hydrogen-bond acceptors (Lipinski definition) is 2. The third kappa shape index (κ3) is 6.87. The lowest BCUT2D eigenvalue weighted by Crippen LogP contribution is -2.26. The van der Waals surface area contributed by atoms with Crippen molar-refractivity contribution in [3.05, 3.63) is 41.0 Å². The number of carbonyl (C=O) groups excluding carboxylic acids is 1. The number of benzene rings is 1. The van der Waals surface area contributed by atoms with Crippen molar-refractivity contribution in [2.24, 2.45) is 27.2 Å². The van der Waals surface area contributed by atoms with E-state index in [1.165, 1.54) is 12.1 Å². The van der Waals surface area contributed by atoms with Crippen molar-refractivity contribution in [2.75, 3.05) is 6.54 Å². The first-order chi connectivity index (χ1) is 12.0. The lowest BCUT2D eigenvalue weighted by atomic mass is 10.0. The number of nitrogens with zero attached hydrogens (tertiary/aromatic N) is 2. The van der Waals surface area contributed by atoms with Gasteiger partial charge in [0.05, 0.1) is 0 Å². The molecule has 0 spiro atoms. The summed E-state index contributed by atoms with van der Waals surface area (Å²) in [5, 5.41) is 0. The summed E-state index contributed by atoms with van der Waals surface area (Å²) in [7, 11) is 0. The first-order valence-corrected chi connectivity index (χ1v) is 7.13. The lowest BCUT2D eigenvalue weighted by Gasteiger charge is -2.05. The second kappa shape index (κ2) is 8.92. The number of rotatable bonds is 3. The highest BCUT2D eigenvalue weighted by atomic mass is 19.4. The zero-order valence-electron chi connectivity index (χ0n) is 13.4. The van der Waals surface area contributed by atoms with Crippen LogP contribution in [0.4, 0.5) is 22.0 Å². The normalized spacial score (nSPS) is 13.3. The minimum absolute atomic E-state index is 0.00546. The first-order valence-electron chi connectivity index (χ1n) is 7.13. The molecule has 142 valence electrons. The zero-order valence-corrected chi connectivity index (χ0v) is 13.4. The van der Waals surface area contributed by atoms with Gasteiger partial charge >= 0.3 is 6.18 Å². The monoisotopic (exact) mass is 377 g/mol. The standard InChI is InChI=1S/C13H15F2N5.C2HF3O/c14-10-5-8-2-1-7(9(8)6-11(10)15)3-4-19-13(18)20-12(16)17;3-2(4,5)1-6/h1,5-6H,2-4H2,(H6,16,17,18,19,20);1H. The van der Waals surface area contributed by atoms with E-state index in [2.05, 4.69) is 9.98 Å². The highest BCUT2D eigenvalue weighted by Gasteiger charge is 2.24. The van der Waals surface area contributed by atoms with Crippen molar-refractivity contribution < 1.29 is 26.7 Å². The number of fused-ring (bicyclic) bond motifs is 1. The summed E-state index contributed by atoms with van der Waals surface area (Å²) in [6.45, 7) is 0.368. The van der Waals surface area contributed by atoms with E-state index in [0.717, 1.165) is 16.7 Å². The van der Waals surface area contributed by atoms with Crippen LogP contribution in [-0.4, -0.2) is 30.9 Å². The average Bonchev–Trinajstić information content (AvgIpc) is 2.89. The van der Waals surface area contributed by atoms with Crippen LogP contribution >= 0.6 is 0 Å². The Hall–Kier alpha value is -2.98. The molecule has 0 saturated carbocycles. The topological polar surface area (TPSA) is 120 Å². The number of alkyl halides is 3. The van der Waals surface area contributed by atoms with Gasteiger partial charge in [-0.15, -0.1) is 0 Å². The molecule has 1 aliphatic rings. The Morgan fingerprint density at radius 3 is 2.27 bits per heavy atom. The molecule has 2 rings (SSSR count). The van der Waals surface area contributed by atoms with E-state index >= 15 is 0 Å². The Morgan fingerprint density at radius 2 is 1.73 bits per heavy atom. The van der Waals surface area contributed by atoms with Gasteiger partial charge in [0.25, 0.3) is 0 Å². The van der Waals surface area contributed by atoms with Crippen molar-refractivity contribution >= 4 is 23.8 Å². The number of aliphatic imine (C=N–C) groups is 2. The molecule has 1 aliphatic carbocycles.